The van der Waals surface area contributed by atoms with Gasteiger partial charge in [0.1, 0.15) is 0 Å². The maximum atomic E-state index is 12.4. The Morgan fingerprint density at radius 2 is 1.75 bits per heavy atom. The normalized spacial score (nSPS) is 25.1. The largest absolute Gasteiger partial charge is 0.341 e. The molecule has 4 heteroatoms. The molecular weight excluding hydrogens is 252 g/mol. The van der Waals surface area contributed by atoms with Crippen molar-refractivity contribution in [1.29, 1.82) is 0 Å². The summed E-state index contributed by atoms with van der Waals surface area (Å²) in [6.07, 6.45) is 8.76. The van der Waals surface area contributed by atoms with E-state index in [0.717, 1.165) is 25.6 Å². The van der Waals surface area contributed by atoms with Gasteiger partial charge in [-0.15, -0.1) is 0 Å². The Morgan fingerprint density at radius 1 is 1.00 bits per heavy atom. The Morgan fingerprint density at radius 3 is 2.45 bits per heavy atom. The van der Waals surface area contributed by atoms with Crippen LogP contribution in [-0.4, -0.2) is 47.8 Å². The minimum Gasteiger partial charge on any atom is -0.341 e. The van der Waals surface area contributed by atoms with Gasteiger partial charge in [0.15, 0.2) is 0 Å². The Bertz CT molecular complexity index is 373. The van der Waals surface area contributed by atoms with E-state index in [1.807, 2.05) is 9.80 Å². The molecule has 0 unspecified atom stereocenters. The molecule has 2 saturated carbocycles. The zero-order valence-corrected chi connectivity index (χ0v) is 12.4. The molecule has 0 atom stereocenters. The third kappa shape index (κ3) is 3.53. The van der Waals surface area contributed by atoms with Gasteiger partial charge in [-0.25, -0.2) is 0 Å². The number of hydrogen-bond acceptors (Lipinski definition) is 2. The number of rotatable bonds is 4. The highest BCUT2D eigenvalue weighted by Gasteiger charge is 2.30. The molecule has 1 saturated heterocycles. The first-order valence-electron chi connectivity index (χ1n) is 8.28. The van der Waals surface area contributed by atoms with Gasteiger partial charge in [-0.1, -0.05) is 12.8 Å². The topological polar surface area (TPSA) is 40.6 Å². The van der Waals surface area contributed by atoms with E-state index in [-0.39, 0.29) is 11.8 Å². The van der Waals surface area contributed by atoms with Crippen LogP contribution >= 0.6 is 0 Å². The van der Waals surface area contributed by atoms with Crippen LogP contribution in [0, 0.1) is 11.8 Å². The van der Waals surface area contributed by atoms with Gasteiger partial charge < -0.3 is 9.80 Å². The molecular formula is C16H26N2O2. The number of hydrogen-bond donors (Lipinski definition) is 0. The van der Waals surface area contributed by atoms with E-state index in [0.29, 0.717) is 25.3 Å². The third-order valence-electron chi connectivity index (χ3n) is 5.05. The highest BCUT2D eigenvalue weighted by molar-refractivity contribution is 5.80. The molecule has 0 N–H and O–H groups in total. The van der Waals surface area contributed by atoms with Gasteiger partial charge in [-0.2, -0.15) is 0 Å². The lowest BCUT2D eigenvalue weighted by atomic mass is 10.0. The fourth-order valence-electron chi connectivity index (χ4n) is 3.51. The smallest absolute Gasteiger partial charge is 0.224 e. The van der Waals surface area contributed by atoms with E-state index in [4.69, 9.17) is 0 Å². The summed E-state index contributed by atoms with van der Waals surface area (Å²) < 4.78 is 0. The summed E-state index contributed by atoms with van der Waals surface area (Å²) in [4.78, 5) is 28.3. The number of nitrogens with zero attached hydrogens (tertiary/aromatic N) is 2. The summed E-state index contributed by atoms with van der Waals surface area (Å²) in [6, 6.07) is 0. The minimum atomic E-state index is 0.244. The van der Waals surface area contributed by atoms with Crippen molar-refractivity contribution in [3.63, 3.8) is 0 Å². The molecule has 3 aliphatic rings. The molecule has 0 aromatic heterocycles. The second-order valence-electron chi connectivity index (χ2n) is 6.77. The molecule has 4 nitrogen and oxygen atoms in total. The van der Waals surface area contributed by atoms with Gasteiger partial charge in [0.2, 0.25) is 11.8 Å². The van der Waals surface area contributed by atoms with Gasteiger partial charge in [0, 0.05) is 39.0 Å². The van der Waals surface area contributed by atoms with Crippen molar-refractivity contribution in [3.8, 4) is 0 Å². The molecule has 1 aliphatic heterocycles. The first-order chi connectivity index (χ1) is 9.72. The minimum absolute atomic E-state index is 0.244. The average Bonchev–Trinajstić information content (AvgIpc) is 3.15. The highest BCUT2D eigenvalue weighted by Crippen LogP contribution is 2.30. The van der Waals surface area contributed by atoms with Gasteiger partial charge in [-0.05, 0) is 37.5 Å². The summed E-state index contributed by atoms with van der Waals surface area (Å²) in [7, 11) is 0. The van der Waals surface area contributed by atoms with E-state index < -0.39 is 0 Å². The Balaban J connectivity index is 1.49. The van der Waals surface area contributed by atoms with E-state index in [9.17, 15) is 9.59 Å². The van der Waals surface area contributed by atoms with Crippen LogP contribution in [0.15, 0.2) is 0 Å². The van der Waals surface area contributed by atoms with Gasteiger partial charge in [0.25, 0.3) is 0 Å². The Kier molecular flexibility index (Phi) is 4.27. The van der Waals surface area contributed by atoms with Crippen LogP contribution in [0.5, 0.6) is 0 Å². The highest BCUT2D eigenvalue weighted by atomic mass is 16.2. The van der Waals surface area contributed by atoms with E-state index in [1.54, 1.807) is 0 Å². The van der Waals surface area contributed by atoms with Crippen LogP contribution in [0.4, 0.5) is 0 Å². The second kappa shape index (κ2) is 6.15. The van der Waals surface area contributed by atoms with Crippen LogP contribution in [0.25, 0.3) is 0 Å². The lowest BCUT2D eigenvalue weighted by Crippen LogP contribution is -2.37. The zero-order valence-electron chi connectivity index (χ0n) is 12.4. The van der Waals surface area contributed by atoms with E-state index in [2.05, 4.69) is 0 Å². The van der Waals surface area contributed by atoms with Crippen LogP contribution in [0.1, 0.15) is 51.4 Å². The van der Waals surface area contributed by atoms with Crippen molar-refractivity contribution in [2.45, 2.75) is 51.4 Å². The van der Waals surface area contributed by atoms with Gasteiger partial charge in [0.05, 0.1) is 0 Å². The SMILES string of the molecule is O=C(CC1CCCC1)N1CCC(=O)N(CC2CC2)CC1. The maximum absolute atomic E-state index is 12.4. The van der Waals surface area contributed by atoms with Crippen molar-refractivity contribution < 1.29 is 9.59 Å². The summed E-state index contributed by atoms with van der Waals surface area (Å²) in [5, 5.41) is 0. The lowest BCUT2D eigenvalue weighted by Gasteiger charge is -2.23. The molecule has 20 heavy (non-hydrogen) atoms. The third-order valence-corrected chi connectivity index (χ3v) is 5.05. The standard InChI is InChI=1S/C16H26N2O2/c19-15-7-8-17(9-10-18(15)12-14-5-6-14)16(20)11-13-3-1-2-4-13/h13-14H,1-12H2. The Labute approximate surface area is 121 Å². The molecule has 2 aliphatic carbocycles. The van der Waals surface area contributed by atoms with E-state index in [1.165, 1.54) is 38.5 Å². The predicted molar refractivity (Wildman–Crippen MR) is 77.1 cm³/mol. The molecule has 0 radical (unpaired) electrons. The predicted octanol–water partition coefficient (Wildman–Crippen LogP) is 2.04. The number of carbonyl (C=O) groups is 2. The first-order valence-corrected chi connectivity index (χ1v) is 8.28. The van der Waals surface area contributed by atoms with Crippen LogP contribution < -0.4 is 0 Å². The molecule has 3 rings (SSSR count). The molecule has 0 aromatic rings. The van der Waals surface area contributed by atoms with Crippen molar-refractivity contribution in [2.75, 3.05) is 26.2 Å². The van der Waals surface area contributed by atoms with Crippen molar-refractivity contribution in [2.24, 2.45) is 11.8 Å². The average molecular weight is 278 g/mol. The zero-order chi connectivity index (χ0) is 13.9. The molecule has 112 valence electrons. The van der Waals surface area contributed by atoms with E-state index >= 15 is 0 Å². The molecule has 2 amide bonds. The van der Waals surface area contributed by atoms with Crippen molar-refractivity contribution in [1.82, 2.24) is 9.80 Å². The molecule has 1 heterocycles. The monoisotopic (exact) mass is 278 g/mol. The van der Waals surface area contributed by atoms with Gasteiger partial charge in [-0.3, -0.25) is 9.59 Å². The van der Waals surface area contributed by atoms with Crippen LogP contribution in [-0.2, 0) is 9.59 Å². The summed E-state index contributed by atoms with van der Waals surface area (Å²) >= 11 is 0. The van der Waals surface area contributed by atoms with Gasteiger partial charge >= 0.3 is 0 Å². The van der Waals surface area contributed by atoms with Crippen molar-refractivity contribution >= 4 is 11.8 Å². The number of amides is 2. The molecule has 3 fully saturated rings. The lowest BCUT2D eigenvalue weighted by molar-refractivity contribution is -0.132. The first kappa shape index (κ1) is 13.9. The van der Waals surface area contributed by atoms with Crippen LogP contribution in [0.2, 0.25) is 0 Å². The quantitative estimate of drug-likeness (QED) is 0.789. The summed E-state index contributed by atoms with van der Waals surface area (Å²) in [5.74, 6) is 1.86. The molecule has 0 bridgehead atoms. The number of carbonyl (C=O) groups excluding carboxylic acids is 2. The Hall–Kier alpha value is -1.06. The fraction of sp³-hybridized carbons (Fsp3) is 0.875. The summed E-state index contributed by atoms with van der Waals surface area (Å²) in [6.45, 7) is 3.03. The van der Waals surface area contributed by atoms with Crippen LogP contribution in [0.3, 0.4) is 0 Å². The second-order valence-corrected chi connectivity index (χ2v) is 6.77. The molecule has 0 aromatic carbocycles. The molecule has 0 spiro atoms. The maximum Gasteiger partial charge on any atom is 0.224 e. The fourth-order valence-corrected chi connectivity index (χ4v) is 3.51. The summed E-state index contributed by atoms with van der Waals surface area (Å²) in [5.41, 5.74) is 0. The van der Waals surface area contributed by atoms with Crippen molar-refractivity contribution in [3.05, 3.63) is 0 Å².